The number of rotatable bonds is 3. The Morgan fingerprint density at radius 1 is 1.08 bits per heavy atom. The number of aromatic hydroxyl groups is 1. The van der Waals surface area contributed by atoms with E-state index in [2.05, 4.69) is 11.1 Å². The van der Waals surface area contributed by atoms with Crippen LogP contribution >= 0.6 is 23.4 Å². The standard InChI is InChI=1S/C18H10ClN3OS/c19-16-4-2-1-3-12(16)10-24-18-14-7-11(8-20)5-6-13(14)15(9-21)17(23)22-18/h1-7H,10H2,(H,22,23). The number of halogens is 1. The van der Waals surface area contributed by atoms with Crippen molar-refractivity contribution >= 4 is 34.1 Å². The summed E-state index contributed by atoms with van der Waals surface area (Å²) in [5.74, 6) is 0.250. The van der Waals surface area contributed by atoms with Crippen LogP contribution in [0.1, 0.15) is 16.7 Å². The van der Waals surface area contributed by atoms with Gasteiger partial charge in [-0.15, -0.1) is 11.8 Å². The van der Waals surface area contributed by atoms with Crippen LogP contribution in [0.3, 0.4) is 0 Å². The highest BCUT2D eigenvalue weighted by Crippen LogP contribution is 2.35. The van der Waals surface area contributed by atoms with Gasteiger partial charge in [-0.2, -0.15) is 10.5 Å². The molecule has 0 spiro atoms. The fourth-order valence-corrected chi connectivity index (χ4v) is 3.62. The first kappa shape index (κ1) is 16.1. The molecule has 0 aliphatic rings. The molecule has 3 aromatic rings. The van der Waals surface area contributed by atoms with E-state index in [4.69, 9.17) is 16.9 Å². The third-order valence-electron chi connectivity index (χ3n) is 3.51. The van der Waals surface area contributed by atoms with E-state index >= 15 is 0 Å². The minimum atomic E-state index is -0.309. The summed E-state index contributed by atoms with van der Waals surface area (Å²) in [6.45, 7) is 0. The first-order valence-electron chi connectivity index (χ1n) is 6.97. The van der Waals surface area contributed by atoms with Gasteiger partial charge in [0.25, 0.3) is 0 Å². The van der Waals surface area contributed by atoms with Crippen molar-refractivity contribution in [2.24, 2.45) is 0 Å². The number of fused-ring (bicyclic) bond motifs is 1. The predicted molar refractivity (Wildman–Crippen MR) is 93.9 cm³/mol. The Morgan fingerprint density at radius 3 is 2.58 bits per heavy atom. The van der Waals surface area contributed by atoms with Gasteiger partial charge in [0.15, 0.2) is 0 Å². The summed E-state index contributed by atoms with van der Waals surface area (Å²) in [4.78, 5) is 4.14. The molecule has 0 atom stereocenters. The van der Waals surface area contributed by atoms with Crippen LogP contribution in [0.4, 0.5) is 0 Å². The summed E-state index contributed by atoms with van der Waals surface area (Å²) in [5, 5.41) is 30.8. The Kier molecular flexibility index (Phi) is 4.57. The van der Waals surface area contributed by atoms with Gasteiger partial charge in [-0.1, -0.05) is 35.9 Å². The first-order valence-corrected chi connectivity index (χ1v) is 8.33. The first-order chi connectivity index (χ1) is 11.6. The Balaban J connectivity index is 2.09. The maximum Gasteiger partial charge on any atom is 0.230 e. The highest BCUT2D eigenvalue weighted by atomic mass is 35.5. The summed E-state index contributed by atoms with van der Waals surface area (Å²) in [5.41, 5.74) is 1.52. The molecule has 0 fully saturated rings. The average molecular weight is 352 g/mol. The van der Waals surface area contributed by atoms with Gasteiger partial charge in [0.05, 0.1) is 11.6 Å². The molecule has 0 aliphatic heterocycles. The highest BCUT2D eigenvalue weighted by molar-refractivity contribution is 7.98. The largest absolute Gasteiger partial charge is 0.492 e. The van der Waals surface area contributed by atoms with Gasteiger partial charge in [0.1, 0.15) is 16.7 Å². The highest BCUT2D eigenvalue weighted by Gasteiger charge is 2.15. The van der Waals surface area contributed by atoms with Crippen molar-refractivity contribution in [3.05, 3.63) is 64.2 Å². The number of hydrogen-bond acceptors (Lipinski definition) is 5. The second-order valence-corrected chi connectivity index (χ2v) is 6.35. The number of hydrogen-bond donors (Lipinski definition) is 1. The second kappa shape index (κ2) is 6.80. The quantitative estimate of drug-likeness (QED) is 0.696. The van der Waals surface area contributed by atoms with Crippen LogP contribution in [-0.2, 0) is 5.75 Å². The van der Waals surface area contributed by atoms with E-state index in [0.717, 1.165) is 5.56 Å². The Labute approximate surface area is 147 Å². The van der Waals surface area contributed by atoms with Gasteiger partial charge >= 0.3 is 0 Å². The molecule has 1 aromatic heterocycles. The zero-order valence-electron chi connectivity index (χ0n) is 12.3. The van der Waals surface area contributed by atoms with Crippen molar-refractivity contribution in [1.82, 2.24) is 4.98 Å². The summed E-state index contributed by atoms with van der Waals surface area (Å²) < 4.78 is 0. The summed E-state index contributed by atoms with van der Waals surface area (Å²) >= 11 is 7.56. The van der Waals surface area contributed by atoms with Crippen molar-refractivity contribution in [1.29, 1.82) is 10.5 Å². The van der Waals surface area contributed by atoms with Crippen molar-refractivity contribution in [3.63, 3.8) is 0 Å². The van der Waals surface area contributed by atoms with Crippen LogP contribution in [0.5, 0.6) is 5.88 Å². The van der Waals surface area contributed by atoms with Gasteiger partial charge in [-0.3, -0.25) is 0 Å². The molecule has 0 amide bonds. The second-order valence-electron chi connectivity index (χ2n) is 4.98. The molecule has 4 nitrogen and oxygen atoms in total. The van der Waals surface area contributed by atoms with E-state index in [1.165, 1.54) is 11.8 Å². The normalized spacial score (nSPS) is 10.3. The Morgan fingerprint density at radius 2 is 1.88 bits per heavy atom. The zero-order valence-corrected chi connectivity index (χ0v) is 13.9. The van der Waals surface area contributed by atoms with Crippen LogP contribution < -0.4 is 0 Å². The lowest BCUT2D eigenvalue weighted by Gasteiger charge is -2.09. The molecule has 0 aliphatic carbocycles. The van der Waals surface area contributed by atoms with Gasteiger partial charge in [-0.05, 0) is 23.8 Å². The van der Waals surface area contributed by atoms with Crippen LogP contribution in [0, 0.1) is 22.7 Å². The number of pyridine rings is 1. The van der Waals surface area contributed by atoms with E-state index in [1.54, 1.807) is 18.2 Å². The molecule has 116 valence electrons. The SMILES string of the molecule is N#Cc1ccc2c(C#N)c(O)nc(SCc3ccccc3Cl)c2c1. The zero-order chi connectivity index (χ0) is 17.1. The molecule has 0 radical (unpaired) electrons. The maximum absolute atomic E-state index is 10.0. The molecule has 1 N–H and O–H groups in total. The fourth-order valence-electron chi connectivity index (χ4n) is 2.32. The molecule has 24 heavy (non-hydrogen) atoms. The number of benzene rings is 2. The summed E-state index contributed by atoms with van der Waals surface area (Å²) in [6.07, 6.45) is 0. The fraction of sp³-hybridized carbons (Fsp3) is 0.0556. The third-order valence-corrected chi connectivity index (χ3v) is 4.92. The molecule has 2 aromatic carbocycles. The lowest BCUT2D eigenvalue weighted by atomic mass is 10.1. The van der Waals surface area contributed by atoms with Gasteiger partial charge in [0, 0.05) is 21.5 Å². The van der Waals surface area contributed by atoms with Crippen molar-refractivity contribution in [2.75, 3.05) is 0 Å². The van der Waals surface area contributed by atoms with E-state index in [-0.39, 0.29) is 11.4 Å². The van der Waals surface area contributed by atoms with Crippen molar-refractivity contribution < 1.29 is 5.11 Å². The molecule has 6 heteroatoms. The molecular formula is C18H10ClN3OS. The third kappa shape index (κ3) is 3.00. The lowest BCUT2D eigenvalue weighted by molar-refractivity contribution is 0.448. The molecule has 0 unspecified atom stereocenters. The smallest absolute Gasteiger partial charge is 0.230 e. The molecular weight excluding hydrogens is 342 g/mol. The van der Waals surface area contributed by atoms with E-state index < -0.39 is 0 Å². The molecule has 3 rings (SSSR count). The van der Waals surface area contributed by atoms with E-state index in [0.29, 0.717) is 32.1 Å². The minimum Gasteiger partial charge on any atom is -0.492 e. The minimum absolute atomic E-state index is 0.108. The molecule has 1 heterocycles. The molecule has 0 bridgehead atoms. The Hall–Kier alpha value is -2.73. The van der Waals surface area contributed by atoms with Crippen molar-refractivity contribution in [2.45, 2.75) is 10.8 Å². The monoisotopic (exact) mass is 351 g/mol. The molecule has 0 saturated heterocycles. The lowest BCUT2D eigenvalue weighted by Crippen LogP contribution is -1.92. The van der Waals surface area contributed by atoms with Gasteiger partial charge in [-0.25, -0.2) is 4.98 Å². The summed E-state index contributed by atoms with van der Waals surface area (Å²) in [7, 11) is 0. The van der Waals surface area contributed by atoms with Crippen LogP contribution in [0.15, 0.2) is 47.5 Å². The number of aromatic nitrogens is 1. The van der Waals surface area contributed by atoms with Crippen LogP contribution in [-0.4, -0.2) is 10.1 Å². The van der Waals surface area contributed by atoms with Gasteiger partial charge in [0.2, 0.25) is 5.88 Å². The van der Waals surface area contributed by atoms with Crippen LogP contribution in [0.25, 0.3) is 10.8 Å². The molecule has 0 saturated carbocycles. The number of nitrogens with zero attached hydrogens (tertiary/aromatic N) is 3. The number of thioether (sulfide) groups is 1. The van der Waals surface area contributed by atoms with Crippen molar-refractivity contribution in [3.8, 4) is 18.0 Å². The predicted octanol–water partition coefficient (Wildman–Crippen LogP) is 4.63. The average Bonchev–Trinajstić information content (AvgIpc) is 2.60. The van der Waals surface area contributed by atoms with E-state index in [9.17, 15) is 10.4 Å². The summed E-state index contributed by atoms with van der Waals surface area (Å²) in [6, 6.07) is 16.5. The Bertz CT molecular complexity index is 1020. The van der Waals surface area contributed by atoms with E-state index in [1.807, 2.05) is 30.3 Å². The topological polar surface area (TPSA) is 80.7 Å². The van der Waals surface area contributed by atoms with Gasteiger partial charge < -0.3 is 5.11 Å². The number of nitriles is 2. The van der Waals surface area contributed by atoms with Crippen LogP contribution in [0.2, 0.25) is 5.02 Å². The maximum atomic E-state index is 10.0.